The summed E-state index contributed by atoms with van der Waals surface area (Å²) in [6.07, 6.45) is 3.72. The van der Waals surface area contributed by atoms with Crippen LogP contribution in [0.5, 0.6) is 0 Å². The molecule has 98 valence electrons. The van der Waals surface area contributed by atoms with Crippen molar-refractivity contribution in [1.82, 2.24) is 0 Å². The molecule has 0 saturated carbocycles. The van der Waals surface area contributed by atoms with E-state index in [4.69, 9.17) is 4.74 Å². The Bertz CT molecular complexity index is 190. The van der Waals surface area contributed by atoms with Gasteiger partial charge in [-0.2, -0.15) is 0 Å². The summed E-state index contributed by atoms with van der Waals surface area (Å²) in [5.74, 6) is 0. The Labute approximate surface area is 103 Å². The van der Waals surface area contributed by atoms with E-state index in [9.17, 15) is 0 Å². The topological polar surface area (TPSA) is 9.23 Å². The first-order valence-corrected chi connectivity index (χ1v) is 6.55. The first-order chi connectivity index (χ1) is 6.91. The van der Waals surface area contributed by atoms with Gasteiger partial charge in [0.2, 0.25) is 0 Å². The zero-order valence-corrected chi connectivity index (χ0v) is 12.7. The lowest BCUT2D eigenvalue weighted by Gasteiger charge is -2.30. The van der Waals surface area contributed by atoms with Gasteiger partial charge in [0.25, 0.3) is 0 Å². The Kier molecular flexibility index (Phi) is 5.52. The van der Waals surface area contributed by atoms with E-state index in [0.717, 1.165) is 13.0 Å². The zero-order chi connectivity index (χ0) is 13.0. The lowest BCUT2D eigenvalue weighted by Crippen LogP contribution is -2.24. The van der Waals surface area contributed by atoms with Crippen LogP contribution in [0.4, 0.5) is 0 Å². The largest absolute Gasteiger partial charge is 0.376 e. The standard InChI is InChI=1S/C15H32O/c1-13(2,3)9-10-15(7,8)11-12-16-14(4,5)6/h9-12H2,1-8H3. The second-order valence-electron chi connectivity index (χ2n) is 7.94. The predicted octanol–water partition coefficient (Wildman–Crippen LogP) is 5.04. The molecule has 0 bridgehead atoms. The summed E-state index contributed by atoms with van der Waals surface area (Å²) in [5.41, 5.74) is 0.848. The second-order valence-corrected chi connectivity index (χ2v) is 7.94. The molecule has 0 amide bonds. The number of hydrogen-bond donors (Lipinski definition) is 0. The van der Waals surface area contributed by atoms with Gasteiger partial charge in [0.15, 0.2) is 0 Å². The molecule has 0 spiro atoms. The molecule has 0 unspecified atom stereocenters. The van der Waals surface area contributed by atoms with Gasteiger partial charge in [-0.15, -0.1) is 0 Å². The van der Waals surface area contributed by atoms with E-state index in [2.05, 4.69) is 55.4 Å². The molecule has 1 heteroatoms. The molecular formula is C15H32O. The lowest BCUT2D eigenvalue weighted by molar-refractivity contribution is -0.0170. The monoisotopic (exact) mass is 228 g/mol. The zero-order valence-electron chi connectivity index (χ0n) is 12.7. The molecule has 0 fully saturated rings. The van der Waals surface area contributed by atoms with Crippen LogP contribution >= 0.6 is 0 Å². The van der Waals surface area contributed by atoms with Crippen molar-refractivity contribution in [3.8, 4) is 0 Å². The molecular weight excluding hydrogens is 196 g/mol. The van der Waals surface area contributed by atoms with E-state index < -0.39 is 0 Å². The third-order valence-electron chi connectivity index (χ3n) is 2.87. The maximum atomic E-state index is 5.80. The van der Waals surface area contributed by atoms with Crippen molar-refractivity contribution in [2.24, 2.45) is 10.8 Å². The normalized spacial score (nSPS) is 14.2. The quantitative estimate of drug-likeness (QED) is 0.640. The van der Waals surface area contributed by atoms with Crippen molar-refractivity contribution < 1.29 is 4.74 Å². The minimum atomic E-state index is 0.000106. The molecule has 0 aliphatic carbocycles. The van der Waals surface area contributed by atoms with Gasteiger partial charge >= 0.3 is 0 Å². The molecule has 0 radical (unpaired) electrons. The number of hydrogen-bond acceptors (Lipinski definition) is 1. The number of ether oxygens (including phenoxy) is 1. The molecule has 0 rings (SSSR count). The highest BCUT2D eigenvalue weighted by atomic mass is 16.5. The Balaban J connectivity index is 3.88. The van der Waals surface area contributed by atoms with Gasteiger partial charge in [0.1, 0.15) is 0 Å². The molecule has 0 heterocycles. The Morgan fingerprint density at radius 2 is 1.19 bits per heavy atom. The molecule has 0 aliphatic rings. The minimum Gasteiger partial charge on any atom is -0.376 e. The second kappa shape index (κ2) is 5.53. The van der Waals surface area contributed by atoms with Crippen LogP contribution in [0.3, 0.4) is 0 Å². The third kappa shape index (κ3) is 10.5. The molecule has 16 heavy (non-hydrogen) atoms. The summed E-state index contributed by atoms with van der Waals surface area (Å²) >= 11 is 0. The Hall–Kier alpha value is -0.0400. The Morgan fingerprint density at radius 3 is 1.56 bits per heavy atom. The van der Waals surface area contributed by atoms with Crippen LogP contribution in [0.1, 0.15) is 74.7 Å². The van der Waals surface area contributed by atoms with Gasteiger partial charge in [-0.05, 0) is 50.9 Å². The fourth-order valence-electron chi connectivity index (χ4n) is 1.47. The summed E-state index contributed by atoms with van der Waals surface area (Å²) in [4.78, 5) is 0. The molecule has 0 aromatic carbocycles. The smallest absolute Gasteiger partial charge is 0.0598 e. The highest BCUT2D eigenvalue weighted by Crippen LogP contribution is 2.33. The average molecular weight is 228 g/mol. The maximum Gasteiger partial charge on any atom is 0.0598 e. The molecule has 0 saturated heterocycles. The third-order valence-corrected chi connectivity index (χ3v) is 2.87. The minimum absolute atomic E-state index is 0.000106. The van der Waals surface area contributed by atoms with E-state index in [1.165, 1.54) is 12.8 Å². The fraction of sp³-hybridized carbons (Fsp3) is 1.00. The van der Waals surface area contributed by atoms with E-state index in [1.807, 2.05) is 0 Å². The predicted molar refractivity (Wildman–Crippen MR) is 72.8 cm³/mol. The molecule has 0 aliphatic heterocycles. The fourth-order valence-corrected chi connectivity index (χ4v) is 1.47. The van der Waals surface area contributed by atoms with Crippen LogP contribution in [-0.4, -0.2) is 12.2 Å². The molecule has 0 aromatic rings. The van der Waals surface area contributed by atoms with Crippen molar-refractivity contribution in [2.75, 3.05) is 6.61 Å². The lowest BCUT2D eigenvalue weighted by atomic mass is 9.78. The molecule has 0 aromatic heterocycles. The van der Waals surface area contributed by atoms with E-state index in [0.29, 0.717) is 10.8 Å². The summed E-state index contributed by atoms with van der Waals surface area (Å²) in [5, 5.41) is 0. The van der Waals surface area contributed by atoms with Gasteiger partial charge in [-0.25, -0.2) is 0 Å². The van der Waals surface area contributed by atoms with Crippen LogP contribution in [0.25, 0.3) is 0 Å². The van der Waals surface area contributed by atoms with Crippen LogP contribution in [0, 0.1) is 10.8 Å². The van der Waals surface area contributed by atoms with Crippen molar-refractivity contribution in [1.29, 1.82) is 0 Å². The van der Waals surface area contributed by atoms with Crippen molar-refractivity contribution in [3.63, 3.8) is 0 Å². The highest BCUT2D eigenvalue weighted by Gasteiger charge is 2.22. The Morgan fingerprint density at radius 1 is 0.688 bits per heavy atom. The van der Waals surface area contributed by atoms with Crippen LogP contribution in [0.15, 0.2) is 0 Å². The average Bonchev–Trinajstić information content (AvgIpc) is 1.97. The van der Waals surface area contributed by atoms with Gasteiger partial charge in [0, 0.05) is 6.61 Å². The van der Waals surface area contributed by atoms with Crippen molar-refractivity contribution in [3.05, 3.63) is 0 Å². The first kappa shape index (κ1) is 16.0. The summed E-state index contributed by atoms with van der Waals surface area (Å²) in [7, 11) is 0. The SMILES string of the molecule is CC(C)(C)CCC(C)(C)CCOC(C)(C)C. The van der Waals surface area contributed by atoms with Gasteiger partial charge < -0.3 is 4.74 Å². The summed E-state index contributed by atoms with van der Waals surface area (Å²) in [6, 6.07) is 0. The number of rotatable bonds is 5. The summed E-state index contributed by atoms with van der Waals surface area (Å²) in [6.45, 7) is 18.9. The van der Waals surface area contributed by atoms with E-state index >= 15 is 0 Å². The van der Waals surface area contributed by atoms with Crippen molar-refractivity contribution >= 4 is 0 Å². The highest BCUT2D eigenvalue weighted by molar-refractivity contribution is 4.73. The van der Waals surface area contributed by atoms with Crippen LogP contribution in [0.2, 0.25) is 0 Å². The van der Waals surface area contributed by atoms with E-state index in [-0.39, 0.29) is 5.60 Å². The molecule has 1 nitrogen and oxygen atoms in total. The molecule has 0 atom stereocenters. The van der Waals surface area contributed by atoms with Gasteiger partial charge in [0.05, 0.1) is 5.60 Å². The first-order valence-electron chi connectivity index (χ1n) is 6.55. The van der Waals surface area contributed by atoms with Crippen molar-refractivity contribution in [2.45, 2.75) is 80.3 Å². The maximum absolute atomic E-state index is 5.80. The van der Waals surface area contributed by atoms with E-state index in [1.54, 1.807) is 0 Å². The van der Waals surface area contributed by atoms with Crippen LogP contribution < -0.4 is 0 Å². The van der Waals surface area contributed by atoms with Gasteiger partial charge in [-0.3, -0.25) is 0 Å². The summed E-state index contributed by atoms with van der Waals surface area (Å²) < 4.78 is 5.80. The van der Waals surface area contributed by atoms with Crippen LogP contribution in [-0.2, 0) is 4.74 Å². The molecule has 0 N–H and O–H groups in total. The van der Waals surface area contributed by atoms with Gasteiger partial charge in [-0.1, -0.05) is 34.6 Å².